The van der Waals surface area contributed by atoms with Crippen molar-refractivity contribution in [3.8, 4) is 5.75 Å². The summed E-state index contributed by atoms with van der Waals surface area (Å²) in [4.78, 5) is 27.3. The number of hydrogen-bond acceptors (Lipinski definition) is 9. The van der Waals surface area contributed by atoms with Crippen molar-refractivity contribution < 1.29 is 14.7 Å². The van der Waals surface area contributed by atoms with Gasteiger partial charge < -0.3 is 5.11 Å². The minimum absolute atomic E-state index is 0.0389. The number of phenols is 1. The summed E-state index contributed by atoms with van der Waals surface area (Å²) in [6.45, 7) is 0. The monoisotopic (exact) mass is 372 g/mol. The Bertz CT molecular complexity index is 920. The maximum Gasteiger partial charge on any atom is 0.294 e. The molecule has 0 bridgehead atoms. The number of aromatic amines is 1. The van der Waals surface area contributed by atoms with Crippen LogP contribution in [0.4, 0.5) is 5.13 Å². The van der Waals surface area contributed by atoms with Gasteiger partial charge in [-0.25, -0.2) is 10.4 Å². The van der Waals surface area contributed by atoms with Gasteiger partial charge in [0.1, 0.15) is 17.1 Å². The Kier molecular flexibility index (Phi) is 5.24. The molecular formula is C14H12N8O3S. The summed E-state index contributed by atoms with van der Waals surface area (Å²) >= 11 is 1.06. The van der Waals surface area contributed by atoms with Crippen molar-refractivity contribution in [2.45, 2.75) is 6.42 Å². The predicted molar refractivity (Wildman–Crippen MR) is 91.8 cm³/mol. The zero-order chi connectivity index (χ0) is 18.4. The summed E-state index contributed by atoms with van der Waals surface area (Å²) in [7, 11) is 0. The molecule has 3 aromatic rings. The fourth-order valence-electron chi connectivity index (χ4n) is 1.76. The van der Waals surface area contributed by atoms with Gasteiger partial charge in [0.15, 0.2) is 0 Å². The number of aromatic hydroxyl groups is 1. The van der Waals surface area contributed by atoms with E-state index >= 15 is 0 Å². The van der Waals surface area contributed by atoms with Gasteiger partial charge in [-0.15, -0.1) is 10.2 Å². The first kappa shape index (κ1) is 17.2. The topological polar surface area (TPSA) is 158 Å². The Balaban J connectivity index is 1.49. The molecule has 11 nitrogen and oxygen atoms in total. The largest absolute Gasteiger partial charge is 0.508 e. The van der Waals surface area contributed by atoms with Gasteiger partial charge >= 0.3 is 0 Å². The lowest BCUT2D eigenvalue weighted by Gasteiger charge is -1.97. The molecule has 0 aliphatic rings. The quantitative estimate of drug-likeness (QED) is 0.358. The van der Waals surface area contributed by atoms with Gasteiger partial charge in [-0.1, -0.05) is 11.3 Å². The van der Waals surface area contributed by atoms with E-state index in [4.69, 9.17) is 0 Å². The van der Waals surface area contributed by atoms with Gasteiger partial charge in [0, 0.05) is 0 Å². The van der Waals surface area contributed by atoms with Crippen LogP contribution in [0.5, 0.6) is 5.75 Å². The SMILES string of the molecule is O=C(Cc1nnc(NC(=O)c2ncn[nH]2)s1)N/N=C\c1ccc(O)cc1. The van der Waals surface area contributed by atoms with Crippen molar-refractivity contribution in [1.29, 1.82) is 0 Å². The number of anilines is 1. The van der Waals surface area contributed by atoms with Gasteiger partial charge in [0.2, 0.25) is 16.9 Å². The second-order valence-corrected chi connectivity index (χ2v) is 5.91. The molecule has 0 saturated heterocycles. The second-order valence-electron chi connectivity index (χ2n) is 4.85. The average Bonchev–Trinajstić information content (AvgIpc) is 3.29. The Morgan fingerprint density at radius 3 is 2.81 bits per heavy atom. The van der Waals surface area contributed by atoms with Gasteiger partial charge in [-0.05, 0) is 29.8 Å². The molecule has 0 radical (unpaired) electrons. The van der Waals surface area contributed by atoms with Crippen molar-refractivity contribution in [2.75, 3.05) is 5.32 Å². The molecule has 0 spiro atoms. The highest BCUT2D eigenvalue weighted by molar-refractivity contribution is 7.15. The van der Waals surface area contributed by atoms with Crippen LogP contribution in [0.3, 0.4) is 0 Å². The number of H-pyrrole nitrogens is 1. The first-order valence-corrected chi connectivity index (χ1v) is 8.02. The third-order valence-corrected chi connectivity index (χ3v) is 3.76. The number of nitrogens with zero attached hydrogens (tertiary/aromatic N) is 5. The molecule has 3 rings (SSSR count). The molecule has 0 aliphatic heterocycles. The molecule has 2 amide bonds. The standard InChI is InChI=1S/C14H12N8O3S/c23-9-3-1-8(2-4-9)6-16-19-10(24)5-11-20-22-14(26-11)18-13(25)12-15-7-17-21-12/h1-4,6-7,23H,5H2,(H,19,24)(H,15,17,21)(H,18,22,25)/b16-6-. The molecule has 2 aromatic heterocycles. The Hall–Kier alpha value is -3.67. The minimum Gasteiger partial charge on any atom is -0.508 e. The molecule has 0 saturated carbocycles. The van der Waals surface area contributed by atoms with Gasteiger partial charge in [-0.3, -0.25) is 20.0 Å². The molecule has 132 valence electrons. The summed E-state index contributed by atoms with van der Waals surface area (Å²) in [5.74, 6) is -0.700. The summed E-state index contributed by atoms with van der Waals surface area (Å²) in [6, 6.07) is 6.33. The Morgan fingerprint density at radius 1 is 1.27 bits per heavy atom. The third-order valence-electron chi connectivity index (χ3n) is 2.93. The molecule has 1 aromatic carbocycles. The number of carbonyl (C=O) groups is 2. The molecular weight excluding hydrogens is 360 g/mol. The predicted octanol–water partition coefficient (Wildman–Crippen LogP) is 0.307. The number of benzene rings is 1. The van der Waals surface area contributed by atoms with Crippen LogP contribution >= 0.6 is 11.3 Å². The summed E-state index contributed by atoms with van der Waals surface area (Å²) in [5.41, 5.74) is 3.08. The van der Waals surface area contributed by atoms with E-state index in [1.165, 1.54) is 24.7 Å². The Labute approximate surface area is 150 Å². The lowest BCUT2D eigenvalue weighted by Crippen LogP contribution is -2.19. The number of amides is 2. The lowest BCUT2D eigenvalue weighted by molar-refractivity contribution is -0.120. The van der Waals surface area contributed by atoms with Gasteiger partial charge in [0.05, 0.1) is 12.6 Å². The molecule has 12 heteroatoms. The third kappa shape index (κ3) is 4.67. The highest BCUT2D eigenvalue weighted by Gasteiger charge is 2.13. The fourth-order valence-corrected chi connectivity index (χ4v) is 2.50. The number of hydrazone groups is 1. The van der Waals surface area contributed by atoms with Crippen molar-refractivity contribution in [3.05, 3.63) is 47.0 Å². The number of carbonyl (C=O) groups excluding carboxylic acids is 2. The minimum atomic E-state index is -0.506. The molecule has 26 heavy (non-hydrogen) atoms. The van der Waals surface area contributed by atoms with Crippen molar-refractivity contribution in [1.82, 2.24) is 30.8 Å². The summed E-state index contributed by atoms with van der Waals surface area (Å²) < 4.78 is 0. The smallest absolute Gasteiger partial charge is 0.294 e. The van der Waals surface area contributed by atoms with E-state index in [1.807, 2.05) is 0 Å². The summed E-state index contributed by atoms with van der Waals surface area (Å²) in [6.07, 6.45) is 2.62. The van der Waals surface area contributed by atoms with Gasteiger partial charge in [0.25, 0.3) is 5.91 Å². The van der Waals surface area contributed by atoms with Crippen LogP contribution in [0.15, 0.2) is 35.7 Å². The molecule has 4 N–H and O–H groups in total. The van der Waals surface area contributed by atoms with Crippen molar-refractivity contribution in [3.63, 3.8) is 0 Å². The molecule has 0 atom stereocenters. The average molecular weight is 372 g/mol. The van der Waals surface area contributed by atoms with E-state index in [9.17, 15) is 14.7 Å². The highest BCUT2D eigenvalue weighted by Crippen LogP contribution is 2.16. The van der Waals surface area contributed by atoms with Crippen LogP contribution in [-0.4, -0.2) is 48.5 Å². The number of aromatic nitrogens is 5. The van der Waals surface area contributed by atoms with Gasteiger partial charge in [-0.2, -0.15) is 10.2 Å². The normalized spacial score (nSPS) is 10.8. The van der Waals surface area contributed by atoms with E-state index in [2.05, 4.69) is 41.2 Å². The van der Waals surface area contributed by atoms with E-state index in [-0.39, 0.29) is 29.0 Å². The lowest BCUT2D eigenvalue weighted by atomic mass is 10.2. The Morgan fingerprint density at radius 2 is 2.08 bits per heavy atom. The van der Waals surface area contributed by atoms with Crippen molar-refractivity contribution in [2.24, 2.45) is 5.10 Å². The van der Waals surface area contributed by atoms with Crippen molar-refractivity contribution >= 4 is 34.5 Å². The zero-order valence-corrected chi connectivity index (χ0v) is 13.9. The van der Waals surface area contributed by atoms with Crippen LogP contribution < -0.4 is 10.7 Å². The number of hydrogen-bond donors (Lipinski definition) is 4. The van der Waals surface area contributed by atoms with Crippen LogP contribution in [0.1, 0.15) is 21.2 Å². The maximum absolute atomic E-state index is 11.8. The van der Waals surface area contributed by atoms with Crippen LogP contribution in [0, 0.1) is 0 Å². The zero-order valence-electron chi connectivity index (χ0n) is 13.1. The summed E-state index contributed by atoms with van der Waals surface area (Å²) in [5, 5.41) is 29.8. The van der Waals surface area contributed by atoms with Crippen LogP contribution in [0.2, 0.25) is 0 Å². The molecule has 0 unspecified atom stereocenters. The number of rotatable bonds is 6. The van der Waals surface area contributed by atoms with Crippen LogP contribution in [-0.2, 0) is 11.2 Å². The van der Waals surface area contributed by atoms with E-state index < -0.39 is 5.91 Å². The molecule has 0 fully saturated rings. The van der Waals surface area contributed by atoms with E-state index in [0.717, 1.165) is 16.9 Å². The first-order valence-electron chi connectivity index (χ1n) is 7.20. The fraction of sp³-hybridized carbons (Fsp3) is 0.0714. The van der Waals surface area contributed by atoms with E-state index in [0.29, 0.717) is 5.01 Å². The van der Waals surface area contributed by atoms with E-state index in [1.54, 1.807) is 12.1 Å². The van der Waals surface area contributed by atoms with Crippen LogP contribution in [0.25, 0.3) is 0 Å². The second kappa shape index (κ2) is 7.94. The maximum atomic E-state index is 11.8. The highest BCUT2D eigenvalue weighted by atomic mass is 32.1. The molecule has 2 heterocycles. The first-order chi connectivity index (χ1) is 12.6. The number of phenolic OH excluding ortho intramolecular Hbond substituents is 1. The number of nitrogens with one attached hydrogen (secondary N) is 3. The molecule has 0 aliphatic carbocycles.